The fourth-order valence-corrected chi connectivity index (χ4v) is 2.02. The predicted octanol–water partition coefficient (Wildman–Crippen LogP) is 0.979. The highest BCUT2D eigenvalue weighted by molar-refractivity contribution is 5.76. The van der Waals surface area contributed by atoms with Crippen LogP contribution in [-0.2, 0) is 14.4 Å². The molecule has 1 heterocycles. The Morgan fingerprint density at radius 1 is 1.32 bits per heavy atom. The second kappa shape index (κ2) is 5.75. The Morgan fingerprint density at radius 3 is 2.21 bits per heavy atom. The third kappa shape index (κ3) is 4.07. The summed E-state index contributed by atoms with van der Waals surface area (Å²) in [5.74, 6) is 4.05. The van der Waals surface area contributed by atoms with Crippen LogP contribution in [0, 0.1) is 5.41 Å². The molecule has 0 radical (unpaired) electrons. The van der Waals surface area contributed by atoms with Gasteiger partial charge in [-0.25, -0.2) is 10.7 Å². The zero-order chi connectivity index (χ0) is 14.7. The largest absolute Gasteiger partial charge is 0.481 e. The Balaban J connectivity index is 2.61. The summed E-state index contributed by atoms with van der Waals surface area (Å²) in [6.07, 6.45) is 0.192. The minimum atomic E-state index is -1.01. The molecule has 1 rings (SSSR count). The van der Waals surface area contributed by atoms with E-state index >= 15 is 0 Å². The van der Waals surface area contributed by atoms with Crippen molar-refractivity contribution in [2.75, 3.05) is 19.7 Å². The number of amides is 1. The van der Waals surface area contributed by atoms with E-state index in [9.17, 15) is 14.7 Å². The molecule has 7 heteroatoms. The van der Waals surface area contributed by atoms with Crippen LogP contribution >= 0.6 is 0 Å². The van der Waals surface area contributed by atoms with Gasteiger partial charge in [0.25, 0.3) is 0 Å². The zero-order valence-electron chi connectivity index (χ0n) is 11.6. The molecule has 19 heavy (non-hydrogen) atoms. The molecular formula is C12H22N2O5. The lowest BCUT2D eigenvalue weighted by Gasteiger charge is -2.38. The molecule has 0 aromatic heterocycles. The Kier molecular flexibility index (Phi) is 4.75. The summed E-state index contributed by atoms with van der Waals surface area (Å²) in [4.78, 5) is 29.2. The van der Waals surface area contributed by atoms with Crippen LogP contribution in [0.3, 0.4) is 0 Å². The lowest BCUT2D eigenvalue weighted by atomic mass is 9.79. The third-order valence-corrected chi connectivity index (χ3v) is 3.19. The molecule has 110 valence electrons. The van der Waals surface area contributed by atoms with Gasteiger partial charge in [-0.3, -0.25) is 4.79 Å². The van der Waals surface area contributed by atoms with Crippen LogP contribution in [0.2, 0.25) is 0 Å². The molecule has 1 saturated heterocycles. The SMILES string of the molecule is CC(C)(C)OC(=O)N1CCC(CON)(C(=O)O)CC1. The van der Waals surface area contributed by atoms with Crippen molar-refractivity contribution < 1.29 is 24.3 Å². The second-order valence-electron chi connectivity index (χ2n) is 5.86. The number of carbonyl (C=O) groups excluding carboxylic acids is 1. The van der Waals surface area contributed by atoms with Gasteiger partial charge in [-0.2, -0.15) is 0 Å². The van der Waals surface area contributed by atoms with Crippen molar-refractivity contribution in [3.63, 3.8) is 0 Å². The topological polar surface area (TPSA) is 102 Å². The summed E-state index contributed by atoms with van der Waals surface area (Å²) in [6.45, 7) is 5.97. The predicted molar refractivity (Wildman–Crippen MR) is 67.2 cm³/mol. The summed E-state index contributed by atoms with van der Waals surface area (Å²) in [5, 5.41) is 9.26. The standard InChI is InChI=1S/C12H22N2O5/c1-11(2,3)19-10(17)14-6-4-12(5-7-14,8-18-13)9(15)16/h4-8,13H2,1-3H3,(H,15,16). The molecular weight excluding hydrogens is 252 g/mol. The van der Waals surface area contributed by atoms with Gasteiger partial charge in [-0.15, -0.1) is 0 Å². The van der Waals surface area contributed by atoms with Gasteiger partial charge in [0.2, 0.25) is 0 Å². The third-order valence-electron chi connectivity index (χ3n) is 3.19. The van der Waals surface area contributed by atoms with E-state index in [1.807, 2.05) is 0 Å². The number of carboxylic acid groups (broad SMARTS) is 1. The Labute approximate surface area is 112 Å². The van der Waals surface area contributed by atoms with Crippen molar-refractivity contribution in [1.82, 2.24) is 4.90 Å². The minimum Gasteiger partial charge on any atom is -0.481 e. The van der Waals surface area contributed by atoms with Crippen molar-refractivity contribution in [2.45, 2.75) is 39.2 Å². The van der Waals surface area contributed by atoms with Gasteiger partial charge in [0.05, 0.1) is 12.0 Å². The van der Waals surface area contributed by atoms with Gasteiger partial charge in [0.1, 0.15) is 5.60 Å². The summed E-state index contributed by atoms with van der Waals surface area (Å²) in [7, 11) is 0. The zero-order valence-corrected chi connectivity index (χ0v) is 11.6. The van der Waals surface area contributed by atoms with Crippen LogP contribution in [0.15, 0.2) is 0 Å². The Bertz CT molecular complexity index is 343. The molecule has 0 aromatic carbocycles. The van der Waals surface area contributed by atoms with Crippen LogP contribution in [0.1, 0.15) is 33.6 Å². The van der Waals surface area contributed by atoms with Crippen molar-refractivity contribution in [3.8, 4) is 0 Å². The number of rotatable bonds is 3. The maximum absolute atomic E-state index is 11.9. The van der Waals surface area contributed by atoms with Crippen LogP contribution in [0.4, 0.5) is 4.79 Å². The summed E-state index contributed by atoms with van der Waals surface area (Å²) < 4.78 is 5.25. The van der Waals surface area contributed by atoms with Gasteiger partial charge in [0.15, 0.2) is 0 Å². The average molecular weight is 274 g/mol. The number of hydrogen-bond donors (Lipinski definition) is 2. The summed E-state index contributed by atoms with van der Waals surface area (Å²) in [6, 6.07) is 0. The smallest absolute Gasteiger partial charge is 0.410 e. The monoisotopic (exact) mass is 274 g/mol. The molecule has 1 aliphatic heterocycles. The van der Waals surface area contributed by atoms with E-state index in [2.05, 4.69) is 4.84 Å². The maximum Gasteiger partial charge on any atom is 0.410 e. The highest BCUT2D eigenvalue weighted by atomic mass is 16.6. The number of nitrogens with two attached hydrogens (primary N) is 1. The summed E-state index contributed by atoms with van der Waals surface area (Å²) >= 11 is 0. The van der Waals surface area contributed by atoms with E-state index in [1.54, 1.807) is 20.8 Å². The molecule has 0 spiro atoms. The van der Waals surface area contributed by atoms with Crippen LogP contribution in [0.5, 0.6) is 0 Å². The number of piperidine rings is 1. The number of ether oxygens (including phenoxy) is 1. The Hall–Kier alpha value is -1.34. The van der Waals surface area contributed by atoms with E-state index in [1.165, 1.54) is 4.90 Å². The van der Waals surface area contributed by atoms with Gasteiger partial charge in [0, 0.05) is 13.1 Å². The first-order valence-electron chi connectivity index (χ1n) is 6.23. The van der Waals surface area contributed by atoms with E-state index in [-0.39, 0.29) is 6.61 Å². The molecule has 0 unspecified atom stereocenters. The van der Waals surface area contributed by atoms with Crippen molar-refractivity contribution in [3.05, 3.63) is 0 Å². The van der Waals surface area contributed by atoms with Crippen LogP contribution < -0.4 is 5.90 Å². The lowest BCUT2D eigenvalue weighted by molar-refractivity contribution is -0.157. The number of nitrogens with zero attached hydrogens (tertiary/aromatic N) is 1. The van der Waals surface area contributed by atoms with Gasteiger partial charge >= 0.3 is 12.1 Å². The minimum absolute atomic E-state index is 0.0511. The molecule has 0 aromatic rings. The first-order chi connectivity index (χ1) is 8.70. The summed E-state index contributed by atoms with van der Waals surface area (Å²) in [5.41, 5.74) is -1.56. The number of aliphatic carboxylic acids is 1. The number of likely N-dealkylation sites (tertiary alicyclic amines) is 1. The van der Waals surface area contributed by atoms with Crippen molar-refractivity contribution in [1.29, 1.82) is 0 Å². The van der Waals surface area contributed by atoms with E-state index < -0.39 is 23.1 Å². The molecule has 1 fully saturated rings. The average Bonchev–Trinajstić information content (AvgIpc) is 2.27. The fourth-order valence-electron chi connectivity index (χ4n) is 2.02. The first-order valence-corrected chi connectivity index (χ1v) is 6.23. The lowest BCUT2D eigenvalue weighted by Crippen LogP contribution is -2.50. The van der Waals surface area contributed by atoms with Crippen molar-refractivity contribution in [2.24, 2.45) is 11.3 Å². The number of carboxylic acids is 1. The molecule has 0 aliphatic carbocycles. The fraction of sp³-hybridized carbons (Fsp3) is 0.833. The first kappa shape index (κ1) is 15.7. The highest BCUT2D eigenvalue weighted by Gasteiger charge is 2.43. The van der Waals surface area contributed by atoms with Gasteiger partial charge in [-0.05, 0) is 33.6 Å². The molecule has 7 nitrogen and oxygen atoms in total. The highest BCUT2D eigenvalue weighted by Crippen LogP contribution is 2.32. The number of carbonyl (C=O) groups is 2. The molecule has 1 amide bonds. The van der Waals surface area contributed by atoms with Gasteiger partial charge in [-0.1, -0.05) is 0 Å². The van der Waals surface area contributed by atoms with E-state index in [0.29, 0.717) is 25.9 Å². The maximum atomic E-state index is 11.9. The molecule has 0 saturated carbocycles. The van der Waals surface area contributed by atoms with Crippen LogP contribution in [0.25, 0.3) is 0 Å². The van der Waals surface area contributed by atoms with E-state index in [4.69, 9.17) is 10.6 Å². The second-order valence-corrected chi connectivity index (χ2v) is 5.86. The van der Waals surface area contributed by atoms with Gasteiger partial charge < -0.3 is 19.6 Å². The molecule has 1 aliphatic rings. The number of hydrogen-bond acceptors (Lipinski definition) is 5. The quantitative estimate of drug-likeness (QED) is 0.744. The normalized spacial score (nSPS) is 19.1. The van der Waals surface area contributed by atoms with E-state index in [0.717, 1.165) is 0 Å². The molecule has 3 N–H and O–H groups in total. The molecule has 0 atom stereocenters. The van der Waals surface area contributed by atoms with Crippen molar-refractivity contribution >= 4 is 12.1 Å². The van der Waals surface area contributed by atoms with Crippen LogP contribution in [-0.4, -0.2) is 47.4 Å². The Morgan fingerprint density at radius 2 is 1.84 bits per heavy atom. The molecule has 0 bridgehead atoms.